The number of likely N-dealkylation sites (N-methyl/N-ethyl adjacent to an activating group) is 1. The van der Waals surface area contributed by atoms with Gasteiger partial charge in [-0.05, 0) is 50.4 Å². The van der Waals surface area contributed by atoms with Gasteiger partial charge in [-0.3, -0.25) is 4.99 Å². The smallest absolute Gasteiger partial charge is 0.194 e. The maximum Gasteiger partial charge on any atom is 0.194 e. The Morgan fingerprint density at radius 3 is 2.68 bits per heavy atom. The monoisotopic (exact) mass is 300 g/mol. The molecule has 22 heavy (non-hydrogen) atoms. The van der Waals surface area contributed by atoms with Crippen molar-refractivity contribution in [2.75, 3.05) is 34.2 Å². The van der Waals surface area contributed by atoms with E-state index in [1.54, 1.807) is 0 Å². The fourth-order valence-corrected chi connectivity index (χ4v) is 3.46. The van der Waals surface area contributed by atoms with Gasteiger partial charge in [0.05, 0.1) is 0 Å². The highest BCUT2D eigenvalue weighted by atomic mass is 15.3. The number of hydrogen-bond acceptors (Lipinski definition) is 2. The minimum Gasteiger partial charge on any atom is -0.355 e. The summed E-state index contributed by atoms with van der Waals surface area (Å²) >= 11 is 0. The number of benzene rings is 1. The molecule has 3 rings (SSSR count). The highest BCUT2D eigenvalue weighted by Crippen LogP contribution is 2.34. The molecule has 0 spiro atoms. The average molecular weight is 300 g/mol. The molecule has 4 nitrogen and oxygen atoms in total. The molecule has 1 aliphatic heterocycles. The van der Waals surface area contributed by atoms with Gasteiger partial charge in [0.1, 0.15) is 0 Å². The van der Waals surface area contributed by atoms with Crippen LogP contribution < -0.4 is 5.32 Å². The van der Waals surface area contributed by atoms with E-state index in [9.17, 15) is 0 Å². The lowest BCUT2D eigenvalue weighted by Crippen LogP contribution is -2.48. The second kappa shape index (κ2) is 6.69. The molecule has 0 amide bonds. The summed E-state index contributed by atoms with van der Waals surface area (Å²) in [7, 11) is 6.26. The number of fused-ring (bicyclic) bond motifs is 1. The molecule has 120 valence electrons. The fourth-order valence-electron chi connectivity index (χ4n) is 3.46. The predicted molar refractivity (Wildman–Crippen MR) is 92.1 cm³/mol. The molecule has 1 atom stereocenters. The van der Waals surface area contributed by atoms with Crippen LogP contribution in [0.2, 0.25) is 0 Å². The number of aliphatic imine (C=N–C) groups is 1. The molecular weight excluding hydrogens is 272 g/mol. The van der Waals surface area contributed by atoms with Gasteiger partial charge in [0.2, 0.25) is 0 Å². The van der Waals surface area contributed by atoms with Crippen molar-refractivity contribution in [2.24, 2.45) is 10.9 Å². The van der Waals surface area contributed by atoms with Crippen LogP contribution in [0.3, 0.4) is 0 Å². The second-order valence-electron chi connectivity index (χ2n) is 6.74. The first-order valence-corrected chi connectivity index (χ1v) is 8.38. The molecule has 4 heteroatoms. The number of nitrogens with zero attached hydrogens (tertiary/aromatic N) is 3. The molecule has 0 saturated heterocycles. The Labute approximate surface area is 134 Å². The first-order chi connectivity index (χ1) is 10.7. The number of nitrogens with one attached hydrogen (secondary N) is 1. The molecule has 1 N–H and O–H groups in total. The van der Waals surface area contributed by atoms with E-state index < -0.39 is 0 Å². The van der Waals surface area contributed by atoms with E-state index in [1.807, 2.05) is 7.05 Å². The van der Waals surface area contributed by atoms with Crippen molar-refractivity contribution in [3.8, 4) is 0 Å². The lowest BCUT2D eigenvalue weighted by molar-refractivity contribution is 0.260. The highest BCUT2D eigenvalue weighted by molar-refractivity contribution is 5.80. The molecule has 2 aliphatic rings. The van der Waals surface area contributed by atoms with Gasteiger partial charge >= 0.3 is 0 Å². The van der Waals surface area contributed by atoms with E-state index in [4.69, 9.17) is 0 Å². The van der Waals surface area contributed by atoms with E-state index in [2.05, 4.69) is 58.5 Å². The van der Waals surface area contributed by atoms with Crippen molar-refractivity contribution in [3.05, 3.63) is 35.4 Å². The van der Waals surface area contributed by atoms with E-state index in [-0.39, 0.29) is 0 Å². The van der Waals surface area contributed by atoms with Crippen LogP contribution >= 0.6 is 0 Å². The van der Waals surface area contributed by atoms with Crippen LogP contribution in [0.5, 0.6) is 0 Å². The van der Waals surface area contributed by atoms with Gasteiger partial charge in [0.15, 0.2) is 5.96 Å². The van der Waals surface area contributed by atoms with E-state index in [1.165, 1.54) is 24.0 Å². The Bertz CT molecular complexity index is 532. The molecule has 1 aromatic rings. The summed E-state index contributed by atoms with van der Waals surface area (Å²) in [5, 5.41) is 3.61. The number of guanidine groups is 1. The Hall–Kier alpha value is -1.55. The zero-order valence-corrected chi connectivity index (χ0v) is 14.0. The largest absolute Gasteiger partial charge is 0.355 e. The maximum absolute atomic E-state index is 4.51. The van der Waals surface area contributed by atoms with Crippen LogP contribution in [0.1, 0.15) is 24.0 Å². The SMILES string of the molecule is CN=C(NCC(C1CC1)N(C)C)N1CCc2ccccc2C1. The standard InChI is InChI=1S/C18H28N4/c1-19-18(20-12-17(21(2)3)15-8-9-15)22-11-10-14-6-4-5-7-16(14)13-22/h4-7,15,17H,8-13H2,1-3H3,(H,19,20). The Balaban J connectivity index is 1.60. The third-order valence-corrected chi connectivity index (χ3v) is 4.94. The highest BCUT2D eigenvalue weighted by Gasteiger charge is 2.32. The fraction of sp³-hybridized carbons (Fsp3) is 0.611. The molecule has 1 unspecified atom stereocenters. The van der Waals surface area contributed by atoms with Crippen molar-refractivity contribution in [1.82, 2.24) is 15.1 Å². The summed E-state index contributed by atoms with van der Waals surface area (Å²) in [5.41, 5.74) is 2.92. The molecule has 0 radical (unpaired) electrons. The van der Waals surface area contributed by atoms with E-state index in [0.717, 1.165) is 37.9 Å². The summed E-state index contributed by atoms with van der Waals surface area (Å²) in [6, 6.07) is 9.38. The first kappa shape index (κ1) is 15.3. The van der Waals surface area contributed by atoms with E-state index in [0.29, 0.717) is 6.04 Å². The second-order valence-corrected chi connectivity index (χ2v) is 6.74. The topological polar surface area (TPSA) is 30.9 Å². The van der Waals surface area contributed by atoms with Gasteiger partial charge in [0, 0.05) is 32.7 Å². The van der Waals surface area contributed by atoms with Crippen LogP contribution in [0.4, 0.5) is 0 Å². The summed E-state index contributed by atoms with van der Waals surface area (Å²) in [6.07, 6.45) is 3.86. The first-order valence-electron chi connectivity index (χ1n) is 8.38. The molecule has 1 aliphatic carbocycles. The average Bonchev–Trinajstić information content (AvgIpc) is 3.35. The summed E-state index contributed by atoms with van der Waals surface area (Å²) in [6.45, 7) is 3.00. The van der Waals surface area contributed by atoms with Crippen LogP contribution in [-0.2, 0) is 13.0 Å². The van der Waals surface area contributed by atoms with Gasteiger partial charge in [-0.2, -0.15) is 0 Å². The molecular formula is C18H28N4. The van der Waals surface area contributed by atoms with Crippen LogP contribution in [0, 0.1) is 5.92 Å². The third kappa shape index (κ3) is 3.43. The van der Waals surface area contributed by atoms with Crippen LogP contribution in [0.15, 0.2) is 29.3 Å². The summed E-state index contributed by atoms with van der Waals surface area (Å²) < 4.78 is 0. The Morgan fingerprint density at radius 1 is 1.32 bits per heavy atom. The molecule has 0 aromatic heterocycles. The van der Waals surface area contributed by atoms with Crippen LogP contribution in [-0.4, -0.2) is 56.0 Å². The molecule has 1 heterocycles. The predicted octanol–water partition coefficient (Wildman–Crippen LogP) is 1.96. The van der Waals surface area contributed by atoms with Gasteiger partial charge in [-0.15, -0.1) is 0 Å². The van der Waals surface area contributed by atoms with Gasteiger partial charge < -0.3 is 15.1 Å². The Kier molecular flexibility index (Phi) is 4.67. The van der Waals surface area contributed by atoms with Crippen molar-refractivity contribution in [2.45, 2.75) is 31.8 Å². The quantitative estimate of drug-likeness (QED) is 0.681. The molecule has 1 aromatic carbocycles. The zero-order chi connectivity index (χ0) is 15.5. The van der Waals surface area contributed by atoms with E-state index >= 15 is 0 Å². The molecule has 0 bridgehead atoms. The maximum atomic E-state index is 4.51. The third-order valence-electron chi connectivity index (χ3n) is 4.94. The molecule has 1 saturated carbocycles. The van der Waals surface area contributed by atoms with Crippen molar-refractivity contribution in [1.29, 1.82) is 0 Å². The lowest BCUT2D eigenvalue weighted by Gasteiger charge is -2.33. The number of rotatable bonds is 4. The minimum absolute atomic E-state index is 0.619. The van der Waals surface area contributed by atoms with Crippen LogP contribution in [0.25, 0.3) is 0 Å². The minimum atomic E-state index is 0.619. The van der Waals surface area contributed by atoms with Gasteiger partial charge in [-0.1, -0.05) is 24.3 Å². The van der Waals surface area contributed by atoms with Crippen molar-refractivity contribution >= 4 is 5.96 Å². The Morgan fingerprint density at radius 2 is 2.05 bits per heavy atom. The lowest BCUT2D eigenvalue weighted by atomic mass is 10.0. The van der Waals surface area contributed by atoms with Crippen molar-refractivity contribution in [3.63, 3.8) is 0 Å². The molecule has 1 fully saturated rings. The van der Waals surface area contributed by atoms with Gasteiger partial charge in [-0.25, -0.2) is 0 Å². The normalized spacial score (nSPS) is 20.0. The zero-order valence-electron chi connectivity index (χ0n) is 14.0. The summed E-state index contributed by atoms with van der Waals surface area (Å²) in [4.78, 5) is 9.24. The van der Waals surface area contributed by atoms with Gasteiger partial charge in [0.25, 0.3) is 0 Å². The van der Waals surface area contributed by atoms with Crippen molar-refractivity contribution < 1.29 is 0 Å². The summed E-state index contributed by atoms with van der Waals surface area (Å²) in [5.74, 6) is 1.91. The number of hydrogen-bond donors (Lipinski definition) is 1.